The van der Waals surface area contributed by atoms with Gasteiger partial charge in [-0.25, -0.2) is 0 Å². The van der Waals surface area contributed by atoms with Crippen LogP contribution in [0.3, 0.4) is 0 Å². The van der Waals surface area contributed by atoms with E-state index in [0.29, 0.717) is 0 Å². The van der Waals surface area contributed by atoms with Gasteiger partial charge in [-0.2, -0.15) is 0 Å². The maximum absolute atomic E-state index is 5.93. The molecule has 0 unspecified atom stereocenters. The van der Waals surface area contributed by atoms with E-state index in [1.807, 2.05) is 26.0 Å². The summed E-state index contributed by atoms with van der Waals surface area (Å²) in [5.74, 6) is 0.941. The Bertz CT molecular complexity index is 374. The van der Waals surface area contributed by atoms with Crippen molar-refractivity contribution in [1.29, 1.82) is 0 Å². The van der Waals surface area contributed by atoms with E-state index in [-0.39, 0.29) is 0 Å². The molecule has 1 fully saturated rings. The predicted octanol–water partition coefficient (Wildman–Crippen LogP) is 2.75. The number of nitrogens with zero attached hydrogens (tertiary/aromatic N) is 1. The van der Waals surface area contributed by atoms with Crippen molar-refractivity contribution >= 4 is 5.69 Å². The van der Waals surface area contributed by atoms with Gasteiger partial charge < -0.3 is 10.5 Å². The highest BCUT2D eigenvalue weighted by Crippen LogP contribution is 2.23. The van der Waals surface area contributed by atoms with E-state index >= 15 is 0 Å². The molecule has 3 nitrogen and oxygen atoms in total. The Hall–Kier alpha value is -1.22. The summed E-state index contributed by atoms with van der Waals surface area (Å²) < 4.78 is 5.83. The number of ether oxygens (including phenoxy) is 1. The smallest absolute Gasteiger partial charge is 0.120 e. The molecule has 1 aliphatic heterocycles. The molecular weight excluding hydrogens is 224 g/mol. The quantitative estimate of drug-likeness (QED) is 0.833. The molecule has 18 heavy (non-hydrogen) atoms. The second-order valence-corrected chi connectivity index (χ2v) is 5.22. The molecule has 1 aromatic rings. The molecular formula is C15H24N2O. The molecule has 0 aliphatic carbocycles. The van der Waals surface area contributed by atoms with Crippen LogP contribution in [0.5, 0.6) is 5.75 Å². The molecule has 0 spiro atoms. The largest absolute Gasteiger partial charge is 0.492 e. The number of benzene rings is 1. The SMILES string of the molecule is Cc1cc(OCCN2CCCCC2)cc(C)c1N. The Morgan fingerprint density at radius 3 is 2.33 bits per heavy atom. The summed E-state index contributed by atoms with van der Waals surface area (Å²) in [5.41, 5.74) is 9.01. The Labute approximate surface area is 110 Å². The van der Waals surface area contributed by atoms with Crippen molar-refractivity contribution in [2.24, 2.45) is 0 Å². The summed E-state index contributed by atoms with van der Waals surface area (Å²) in [5, 5.41) is 0. The third-order valence-electron chi connectivity index (χ3n) is 3.69. The summed E-state index contributed by atoms with van der Waals surface area (Å²) in [7, 11) is 0. The third kappa shape index (κ3) is 3.39. The number of piperidine rings is 1. The van der Waals surface area contributed by atoms with Gasteiger partial charge >= 0.3 is 0 Å². The van der Waals surface area contributed by atoms with Crippen LogP contribution in [0.15, 0.2) is 12.1 Å². The standard InChI is InChI=1S/C15H24N2O/c1-12-10-14(11-13(2)15(12)16)18-9-8-17-6-4-3-5-7-17/h10-11H,3-9,16H2,1-2H3. The highest BCUT2D eigenvalue weighted by Gasteiger charge is 2.09. The molecule has 0 saturated carbocycles. The normalized spacial score (nSPS) is 16.8. The van der Waals surface area contributed by atoms with E-state index in [9.17, 15) is 0 Å². The van der Waals surface area contributed by atoms with Crippen LogP contribution in [-0.4, -0.2) is 31.1 Å². The van der Waals surface area contributed by atoms with Crippen LogP contribution in [0.2, 0.25) is 0 Å². The average molecular weight is 248 g/mol. The topological polar surface area (TPSA) is 38.5 Å². The van der Waals surface area contributed by atoms with Gasteiger partial charge in [0.25, 0.3) is 0 Å². The van der Waals surface area contributed by atoms with E-state index in [1.54, 1.807) is 0 Å². The number of anilines is 1. The lowest BCUT2D eigenvalue weighted by molar-refractivity contribution is 0.183. The van der Waals surface area contributed by atoms with E-state index in [1.165, 1.54) is 32.4 Å². The molecule has 1 aromatic carbocycles. The summed E-state index contributed by atoms with van der Waals surface area (Å²) in [6.45, 7) is 8.30. The van der Waals surface area contributed by atoms with Crippen molar-refractivity contribution in [2.45, 2.75) is 33.1 Å². The number of likely N-dealkylation sites (tertiary alicyclic amines) is 1. The second-order valence-electron chi connectivity index (χ2n) is 5.22. The summed E-state index contributed by atoms with van der Waals surface area (Å²) in [4.78, 5) is 2.49. The lowest BCUT2D eigenvalue weighted by Crippen LogP contribution is -2.33. The number of hydrogen-bond donors (Lipinski definition) is 1. The van der Waals surface area contributed by atoms with Gasteiger partial charge in [-0.3, -0.25) is 4.90 Å². The van der Waals surface area contributed by atoms with E-state index in [0.717, 1.165) is 35.7 Å². The molecule has 0 amide bonds. The number of nitrogens with two attached hydrogens (primary N) is 1. The Kier molecular flexibility index (Phi) is 4.48. The molecule has 0 radical (unpaired) electrons. The molecule has 2 N–H and O–H groups in total. The first-order valence-electron chi connectivity index (χ1n) is 6.88. The fourth-order valence-corrected chi connectivity index (χ4v) is 2.49. The van der Waals surface area contributed by atoms with Crippen LogP contribution in [0, 0.1) is 13.8 Å². The molecule has 100 valence electrons. The number of hydrogen-bond acceptors (Lipinski definition) is 3. The van der Waals surface area contributed by atoms with Crippen molar-refractivity contribution < 1.29 is 4.74 Å². The van der Waals surface area contributed by atoms with Gasteiger partial charge in [0.2, 0.25) is 0 Å². The lowest BCUT2D eigenvalue weighted by Gasteiger charge is -2.26. The third-order valence-corrected chi connectivity index (χ3v) is 3.69. The van der Waals surface area contributed by atoms with Crippen molar-refractivity contribution in [3.63, 3.8) is 0 Å². The zero-order valence-electron chi connectivity index (χ0n) is 11.5. The van der Waals surface area contributed by atoms with Crippen LogP contribution < -0.4 is 10.5 Å². The Balaban J connectivity index is 1.82. The van der Waals surface area contributed by atoms with E-state index < -0.39 is 0 Å². The minimum atomic E-state index is 0.767. The molecule has 3 heteroatoms. The summed E-state index contributed by atoms with van der Waals surface area (Å²) >= 11 is 0. The highest BCUT2D eigenvalue weighted by atomic mass is 16.5. The van der Waals surface area contributed by atoms with Crippen molar-refractivity contribution in [3.8, 4) is 5.75 Å². The summed E-state index contributed by atoms with van der Waals surface area (Å²) in [6.07, 6.45) is 4.05. The molecule has 0 bridgehead atoms. The van der Waals surface area contributed by atoms with E-state index in [4.69, 9.17) is 10.5 Å². The lowest BCUT2D eigenvalue weighted by atomic mass is 10.1. The number of rotatable bonds is 4. The van der Waals surface area contributed by atoms with Gasteiger partial charge in [-0.15, -0.1) is 0 Å². The monoisotopic (exact) mass is 248 g/mol. The van der Waals surface area contributed by atoms with Gasteiger partial charge in [-0.1, -0.05) is 6.42 Å². The maximum Gasteiger partial charge on any atom is 0.120 e. The molecule has 2 rings (SSSR count). The van der Waals surface area contributed by atoms with Gasteiger partial charge in [0.1, 0.15) is 12.4 Å². The minimum Gasteiger partial charge on any atom is -0.492 e. The molecule has 1 heterocycles. The van der Waals surface area contributed by atoms with Crippen LogP contribution in [0.4, 0.5) is 5.69 Å². The average Bonchev–Trinajstić information content (AvgIpc) is 2.37. The highest BCUT2D eigenvalue weighted by molar-refractivity contribution is 5.56. The molecule has 1 aliphatic rings. The van der Waals surface area contributed by atoms with Gasteiger partial charge in [0.05, 0.1) is 0 Å². The molecule has 0 aromatic heterocycles. The summed E-state index contributed by atoms with van der Waals surface area (Å²) in [6, 6.07) is 4.05. The van der Waals surface area contributed by atoms with E-state index in [2.05, 4.69) is 4.90 Å². The first-order chi connectivity index (χ1) is 8.66. The van der Waals surface area contributed by atoms with Crippen LogP contribution in [-0.2, 0) is 0 Å². The Morgan fingerprint density at radius 2 is 1.72 bits per heavy atom. The zero-order valence-corrected chi connectivity index (χ0v) is 11.5. The van der Waals surface area contributed by atoms with Crippen molar-refractivity contribution in [3.05, 3.63) is 23.3 Å². The minimum absolute atomic E-state index is 0.767. The van der Waals surface area contributed by atoms with Crippen LogP contribution in [0.1, 0.15) is 30.4 Å². The molecule has 1 saturated heterocycles. The van der Waals surface area contributed by atoms with Crippen molar-refractivity contribution in [2.75, 3.05) is 32.0 Å². The Morgan fingerprint density at radius 1 is 1.11 bits per heavy atom. The van der Waals surface area contributed by atoms with Crippen LogP contribution in [0.25, 0.3) is 0 Å². The van der Waals surface area contributed by atoms with Crippen LogP contribution >= 0.6 is 0 Å². The number of nitrogen functional groups attached to an aromatic ring is 1. The fourth-order valence-electron chi connectivity index (χ4n) is 2.49. The van der Waals surface area contributed by atoms with Gasteiger partial charge in [0, 0.05) is 12.2 Å². The van der Waals surface area contributed by atoms with Gasteiger partial charge in [-0.05, 0) is 63.0 Å². The predicted molar refractivity (Wildman–Crippen MR) is 76.1 cm³/mol. The molecule has 0 atom stereocenters. The van der Waals surface area contributed by atoms with Crippen molar-refractivity contribution in [1.82, 2.24) is 4.90 Å². The first kappa shape index (κ1) is 13.2. The zero-order chi connectivity index (χ0) is 13.0. The second kappa shape index (κ2) is 6.10. The maximum atomic E-state index is 5.93. The number of aryl methyl sites for hydroxylation is 2. The van der Waals surface area contributed by atoms with Gasteiger partial charge in [0.15, 0.2) is 0 Å². The fraction of sp³-hybridized carbons (Fsp3) is 0.600. The first-order valence-corrected chi connectivity index (χ1v) is 6.88.